The minimum absolute atomic E-state index is 0.229. The van der Waals surface area contributed by atoms with Gasteiger partial charge in [-0.25, -0.2) is 0 Å². The Morgan fingerprint density at radius 2 is 2.00 bits per heavy atom. The zero-order valence-electron chi connectivity index (χ0n) is 5.31. The van der Waals surface area contributed by atoms with Crippen molar-refractivity contribution in [3.63, 3.8) is 0 Å². The summed E-state index contributed by atoms with van der Waals surface area (Å²) in [6.07, 6.45) is 4.66. The molecule has 1 aliphatic rings. The van der Waals surface area contributed by atoms with Gasteiger partial charge in [0.25, 0.3) is 0 Å². The molecule has 1 N–H and O–H groups in total. The first-order valence-electron chi connectivity index (χ1n) is 3.31. The van der Waals surface area contributed by atoms with Crippen LogP contribution in [-0.4, -0.2) is 5.91 Å². The number of hydrogen-bond acceptors (Lipinski definition) is 1. The minimum atomic E-state index is 0.229. The maximum atomic E-state index is 10.9. The van der Waals surface area contributed by atoms with Crippen molar-refractivity contribution in [2.24, 2.45) is 5.92 Å². The number of hydrogen-bond donors (Lipinski definition) is 1. The first kappa shape index (κ1) is 7.29. The van der Waals surface area contributed by atoms with E-state index in [1.54, 1.807) is 20.7 Å². The summed E-state index contributed by atoms with van der Waals surface area (Å²) in [4.78, 5) is 10.9. The van der Waals surface area contributed by atoms with Crippen molar-refractivity contribution >= 4 is 5.91 Å². The van der Waals surface area contributed by atoms with Gasteiger partial charge >= 0.3 is 66.8 Å². The van der Waals surface area contributed by atoms with E-state index in [1.807, 2.05) is 0 Å². The van der Waals surface area contributed by atoms with Gasteiger partial charge in [-0.15, -0.1) is 0 Å². The predicted molar refractivity (Wildman–Crippen MR) is 30.1 cm³/mol. The van der Waals surface area contributed by atoms with Crippen LogP contribution in [0.1, 0.15) is 25.7 Å². The van der Waals surface area contributed by atoms with Crippen LogP contribution in [0, 0.1) is 5.92 Å². The number of carbonyl (C=O) groups excluding carboxylic acids is 1. The van der Waals surface area contributed by atoms with Crippen LogP contribution in [0.3, 0.4) is 0 Å². The average Bonchev–Trinajstić information content (AvgIpc) is 2.37. The molecule has 1 saturated carbocycles. The van der Waals surface area contributed by atoms with E-state index in [-0.39, 0.29) is 5.91 Å². The molecule has 0 spiro atoms. The van der Waals surface area contributed by atoms with Crippen LogP contribution in [0.25, 0.3) is 0 Å². The Bertz CT molecular complexity index is 110. The summed E-state index contributed by atoms with van der Waals surface area (Å²) < 4.78 is 2.67. The van der Waals surface area contributed by atoms with Crippen LogP contribution in [0.15, 0.2) is 0 Å². The fourth-order valence-corrected chi connectivity index (χ4v) is 1.61. The molecule has 49 valence electrons. The van der Waals surface area contributed by atoms with E-state index in [0.29, 0.717) is 5.92 Å². The molecule has 0 radical (unpaired) electrons. The Kier molecular flexibility index (Phi) is 2.74. The van der Waals surface area contributed by atoms with Crippen molar-refractivity contribution in [1.82, 2.24) is 3.80 Å². The average molecular weight is 160 g/mol. The summed E-state index contributed by atoms with van der Waals surface area (Å²) in [6.45, 7) is 0. The summed E-state index contributed by atoms with van der Waals surface area (Å²) in [5.74, 6) is 0.558. The predicted octanol–water partition coefficient (Wildman–Crippen LogP) is 0.755. The van der Waals surface area contributed by atoms with Gasteiger partial charge in [0.1, 0.15) is 0 Å². The molecule has 1 fully saturated rings. The molecular formula is C6H10NOTi. The maximum absolute atomic E-state index is 10.9. The fourth-order valence-electron chi connectivity index (χ4n) is 1.29. The molecule has 2 nitrogen and oxygen atoms in total. The zero-order chi connectivity index (χ0) is 6.69. The summed E-state index contributed by atoms with van der Waals surface area (Å²) in [5, 5.41) is 0. The van der Waals surface area contributed by atoms with E-state index in [0.717, 1.165) is 12.8 Å². The molecule has 0 unspecified atom stereocenters. The number of nitrogens with one attached hydrogen (secondary N) is 1. The van der Waals surface area contributed by atoms with E-state index in [9.17, 15) is 4.79 Å². The Morgan fingerprint density at radius 3 is 2.44 bits per heavy atom. The van der Waals surface area contributed by atoms with E-state index >= 15 is 0 Å². The van der Waals surface area contributed by atoms with Crippen molar-refractivity contribution in [2.45, 2.75) is 25.7 Å². The molecule has 0 aromatic heterocycles. The second-order valence-corrected chi connectivity index (χ2v) is 2.86. The van der Waals surface area contributed by atoms with Gasteiger partial charge in [0.05, 0.1) is 0 Å². The van der Waals surface area contributed by atoms with Gasteiger partial charge in [0.15, 0.2) is 0 Å². The molecule has 0 aromatic carbocycles. The zero-order valence-corrected chi connectivity index (χ0v) is 6.88. The third-order valence-electron chi connectivity index (χ3n) is 1.85. The Hall–Kier alpha value is 0.184. The van der Waals surface area contributed by atoms with Crippen molar-refractivity contribution in [3.8, 4) is 0 Å². The second-order valence-electron chi connectivity index (χ2n) is 2.47. The molecule has 9 heavy (non-hydrogen) atoms. The second kappa shape index (κ2) is 3.38. The van der Waals surface area contributed by atoms with Crippen molar-refractivity contribution < 1.29 is 25.5 Å². The monoisotopic (exact) mass is 160 g/mol. The molecule has 0 aromatic rings. The quantitative estimate of drug-likeness (QED) is 0.563. The molecule has 1 rings (SSSR count). The van der Waals surface area contributed by atoms with Gasteiger partial charge in [-0.1, -0.05) is 0 Å². The molecule has 1 aliphatic carbocycles. The standard InChI is InChI=1S/C6H11NO.Ti/c7-6(8)5-3-1-2-4-5;/h5H,1-4H2,(H2,7,8);/q;+1/p-1. The van der Waals surface area contributed by atoms with E-state index in [4.69, 9.17) is 0 Å². The van der Waals surface area contributed by atoms with E-state index < -0.39 is 0 Å². The number of amides is 1. The van der Waals surface area contributed by atoms with Crippen molar-refractivity contribution in [2.75, 3.05) is 0 Å². The van der Waals surface area contributed by atoms with Crippen LogP contribution >= 0.6 is 0 Å². The first-order chi connectivity index (χ1) is 4.34. The Balaban J connectivity index is 2.32. The van der Waals surface area contributed by atoms with Gasteiger partial charge in [-0.3, -0.25) is 0 Å². The molecule has 1 amide bonds. The molecule has 0 atom stereocenters. The number of carbonyl (C=O) groups is 1. The molecular weight excluding hydrogens is 150 g/mol. The molecule has 0 saturated heterocycles. The third-order valence-corrected chi connectivity index (χ3v) is 2.23. The number of rotatable bonds is 1. The molecule has 0 bridgehead atoms. The van der Waals surface area contributed by atoms with E-state index in [1.165, 1.54) is 12.8 Å². The molecule has 0 heterocycles. The summed E-state index contributed by atoms with van der Waals surface area (Å²) in [7, 11) is 0. The third kappa shape index (κ3) is 1.80. The summed E-state index contributed by atoms with van der Waals surface area (Å²) >= 11 is 1.71. The fraction of sp³-hybridized carbons (Fsp3) is 0.833. The molecule has 0 aliphatic heterocycles. The summed E-state index contributed by atoms with van der Waals surface area (Å²) in [6, 6.07) is 0. The Labute approximate surface area is 67.1 Å². The van der Waals surface area contributed by atoms with Crippen LogP contribution in [-0.2, 0) is 25.5 Å². The van der Waals surface area contributed by atoms with Crippen LogP contribution in [0.4, 0.5) is 0 Å². The first-order valence-corrected chi connectivity index (χ1v) is 4.09. The van der Waals surface area contributed by atoms with Crippen molar-refractivity contribution in [3.05, 3.63) is 0 Å². The van der Waals surface area contributed by atoms with Gasteiger partial charge < -0.3 is 0 Å². The van der Waals surface area contributed by atoms with Gasteiger partial charge in [-0.2, -0.15) is 0 Å². The van der Waals surface area contributed by atoms with Crippen LogP contribution < -0.4 is 3.80 Å². The summed E-state index contributed by atoms with van der Waals surface area (Å²) in [5.41, 5.74) is 0. The molecule has 3 heteroatoms. The topological polar surface area (TPSA) is 29.1 Å². The van der Waals surface area contributed by atoms with Gasteiger partial charge in [0.2, 0.25) is 0 Å². The van der Waals surface area contributed by atoms with Gasteiger partial charge in [0, 0.05) is 0 Å². The van der Waals surface area contributed by atoms with Gasteiger partial charge in [-0.05, 0) is 0 Å². The van der Waals surface area contributed by atoms with Crippen molar-refractivity contribution in [1.29, 1.82) is 0 Å². The normalized spacial score (nSPS) is 19.9. The van der Waals surface area contributed by atoms with Crippen LogP contribution in [0.5, 0.6) is 0 Å². The Morgan fingerprint density at radius 1 is 1.44 bits per heavy atom. The van der Waals surface area contributed by atoms with E-state index in [2.05, 4.69) is 3.80 Å². The van der Waals surface area contributed by atoms with Crippen LogP contribution in [0.2, 0.25) is 0 Å². The SMILES string of the molecule is O=C([NH][Ti])C1CCCC1.